The summed E-state index contributed by atoms with van der Waals surface area (Å²) in [6.07, 6.45) is 0. The van der Waals surface area contributed by atoms with Crippen molar-refractivity contribution in [3.63, 3.8) is 0 Å². The molecule has 0 atom stereocenters. The molecule has 18 heteroatoms. The van der Waals surface area contributed by atoms with Gasteiger partial charge in [-0.3, -0.25) is 9.80 Å². The van der Waals surface area contributed by atoms with Gasteiger partial charge in [-0.05, 0) is 66.1 Å². The molecule has 0 saturated heterocycles. The van der Waals surface area contributed by atoms with E-state index < -0.39 is 50.1 Å². The average molecular weight is 717 g/mol. The standard InChI is InChI=1S/C32H32N6O8.4Na/c1-19-8-9-20(10-24(19)33)21-11-27(25-6-2-4-22(34-25)13-37(15-29(39)40)16-30(41)42)36-28(12-21)26-7-3-5-23(35-26)14-38(17-31(43)44)18-32(45)46;;;;/h2-12H,13-18,33H2,1H3,(H,39,40)(H,41,42)(H,43,44)(H,45,46);;;;/q;4*+1/p-4. The van der Waals surface area contributed by atoms with Gasteiger partial charge in [0.25, 0.3) is 0 Å². The minimum Gasteiger partial charge on any atom is -0.549 e. The van der Waals surface area contributed by atoms with Crippen LogP contribution in [0.3, 0.4) is 0 Å². The first kappa shape index (κ1) is 48.3. The Morgan fingerprint density at radius 1 is 0.560 bits per heavy atom. The van der Waals surface area contributed by atoms with Crippen LogP contribution in [0.15, 0.2) is 66.7 Å². The van der Waals surface area contributed by atoms with Crippen molar-refractivity contribution in [1.82, 2.24) is 24.8 Å². The van der Waals surface area contributed by atoms with E-state index in [9.17, 15) is 39.6 Å². The normalized spacial score (nSPS) is 10.2. The van der Waals surface area contributed by atoms with E-state index in [-0.39, 0.29) is 131 Å². The van der Waals surface area contributed by atoms with Crippen LogP contribution in [0.25, 0.3) is 33.9 Å². The Balaban J connectivity index is 0.00000600. The van der Waals surface area contributed by atoms with Gasteiger partial charge in [-0.25, -0.2) is 15.0 Å². The van der Waals surface area contributed by atoms with Crippen molar-refractivity contribution in [2.24, 2.45) is 0 Å². The van der Waals surface area contributed by atoms with Gasteiger partial charge in [0, 0.05) is 45.0 Å². The molecule has 0 amide bonds. The van der Waals surface area contributed by atoms with E-state index in [1.54, 1.807) is 54.6 Å². The number of benzene rings is 1. The number of aliphatic carboxylic acids is 4. The predicted octanol–water partition coefficient (Wildman–Crippen LogP) is -14.6. The van der Waals surface area contributed by atoms with Crippen molar-refractivity contribution in [1.29, 1.82) is 0 Å². The van der Waals surface area contributed by atoms with Gasteiger partial charge in [0.2, 0.25) is 0 Å². The summed E-state index contributed by atoms with van der Waals surface area (Å²) in [6.45, 7) is -0.920. The third kappa shape index (κ3) is 15.1. The van der Waals surface area contributed by atoms with Gasteiger partial charge in [0.05, 0.1) is 58.0 Å². The number of nitrogens with two attached hydrogens (primary N) is 1. The SMILES string of the molecule is Cc1ccc(-c2cc(-c3cccc(CN(CC(=O)[O-])CC(=O)[O-])n3)nc(-c3cccc(CN(CC(=O)[O-])CC(=O)[O-])n3)c2)cc1N.[Na+].[Na+].[Na+].[Na+]. The van der Waals surface area contributed by atoms with Gasteiger partial charge in [0.1, 0.15) is 0 Å². The third-order valence-corrected chi connectivity index (χ3v) is 6.76. The number of aromatic nitrogens is 3. The molecule has 238 valence electrons. The minimum atomic E-state index is -1.45. The van der Waals surface area contributed by atoms with Gasteiger partial charge < -0.3 is 45.3 Å². The number of carboxylic acids is 4. The Labute approximate surface area is 377 Å². The smallest absolute Gasteiger partial charge is 0.549 e. The van der Waals surface area contributed by atoms with Crippen LogP contribution < -0.4 is 144 Å². The van der Waals surface area contributed by atoms with Gasteiger partial charge in [-0.1, -0.05) is 24.3 Å². The molecule has 3 heterocycles. The number of nitrogen functional groups attached to an aromatic ring is 1. The minimum absolute atomic E-state index is 0. The van der Waals surface area contributed by atoms with Crippen LogP contribution >= 0.6 is 0 Å². The number of carboxylic acid groups (broad SMARTS) is 4. The number of anilines is 1. The van der Waals surface area contributed by atoms with Crippen LogP contribution in [0.5, 0.6) is 0 Å². The van der Waals surface area contributed by atoms with E-state index in [2.05, 4.69) is 9.97 Å². The quantitative estimate of drug-likeness (QED) is 0.0890. The summed E-state index contributed by atoms with van der Waals surface area (Å²) >= 11 is 0. The van der Waals surface area contributed by atoms with E-state index in [1.165, 1.54) is 0 Å². The maximum Gasteiger partial charge on any atom is 1.00 e. The molecule has 1 aromatic carbocycles. The van der Waals surface area contributed by atoms with Crippen LogP contribution in [0.1, 0.15) is 17.0 Å². The second kappa shape index (κ2) is 23.0. The summed E-state index contributed by atoms with van der Waals surface area (Å²) in [5.41, 5.74) is 11.5. The molecule has 0 aliphatic rings. The van der Waals surface area contributed by atoms with Crippen LogP contribution in [0, 0.1) is 6.92 Å². The van der Waals surface area contributed by atoms with Gasteiger partial charge in [-0.15, -0.1) is 0 Å². The number of hydrogen-bond acceptors (Lipinski definition) is 14. The number of carbonyl (C=O) groups is 4. The molecule has 0 fully saturated rings. The molecule has 3 aromatic heterocycles. The summed E-state index contributed by atoms with van der Waals surface area (Å²) in [6, 6.07) is 19.1. The number of nitrogens with zero attached hydrogens (tertiary/aromatic N) is 5. The van der Waals surface area contributed by atoms with Crippen LogP contribution in [0.2, 0.25) is 0 Å². The van der Waals surface area contributed by atoms with Gasteiger partial charge in [-0.2, -0.15) is 0 Å². The Hall–Kier alpha value is -1.73. The molecule has 4 aromatic rings. The molecule has 0 saturated carbocycles. The van der Waals surface area contributed by atoms with Crippen molar-refractivity contribution >= 4 is 29.6 Å². The van der Waals surface area contributed by atoms with Crippen molar-refractivity contribution in [2.75, 3.05) is 31.9 Å². The van der Waals surface area contributed by atoms with Crippen molar-refractivity contribution < 1.29 is 158 Å². The third-order valence-electron chi connectivity index (χ3n) is 6.76. The molecule has 50 heavy (non-hydrogen) atoms. The maximum absolute atomic E-state index is 11.2. The molecule has 4 rings (SSSR count). The number of carbonyl (C=O) groups excluding carboxylic acids is 4. The molecule has 0 aliphatic carbocycles. The first-order valence-corrected chi connectivity index (χ1v) is 13.9. The molecule has 0 aliphatic heterocycles. The number of aryl methyl sites for hydroxylation is 1. The van der Waals surface area contributed by atoms with E-state index in [0.29, 0.717) is 45.4 Å². The molecule has 0 bridgehead atoms. The molecular weight excluding hydrogens is 688 g/mol. The topological polar surface area (TPSA) is 232 Å². The average Bonchev–Trinajstić information content (AvgIpc) is 2.97. The van der Waals surface area contributed by atoms with E-state index in [0.717, 1.165) is 20.9 Å². The molecule has 0 radical (unpaired) electrons. The summed E-state index contributed by atoms with van der Waals surface area (Å²) in [5.74, 6) is -5.81. The monoisotopic (exact) mass is 716 g/mol. The molecule has 0 unspecified atom stereocenters. The van der Waals surface area contributed by atoms with Crippen LogP contribution in [0.4, 0.5) is 5.69 Å². The van der Waals surface area contributed by atoms with E-state index >= 15 is 0 Å². The zero-order valence-electron chi connectivity index (χ0n) is 28.7. The Bertz CT molecular complexity index is 1670. The summed E-state index contributed by atoms with van der Waals surface area (Å²) in [4.78, 5) is 60.9. The molecule has 0 spiro atoms. The predicted molar refractivity (Wildman–Crippen MR) is 156 cm³/mol. The van der Waals surface area contributed by atoms with E-state index in [1.807, 2.05) is 19.1 Å². The van der Waals surface area contributed by atoms with Crippen LogP contribution in [-0.2, 0) is 32.3 Å². The Kier molecular flexibility index (Phi) is 22.2. The Morgan fingerprint density at radius 3 is 1.32 bits per heavy atom. The fourth-order valence-corrected chi connectivity index (χ4v) is 4.72. The van der Waals surface area contributed by atoms with Gasteiger partial charge >= 0.3 is 118 Å². The summed E-state index contributed by atoms with van der Waals surface area (Å²) in [5, 5.41) is 44.7. The maximum atomic E-state index is 11.2. The number of hydrogen-bond donors (Lipinski definition) is 1. The molecular formula is C32H28N6Na4O8. The fourth-order valence-electron chi connectivity index (χ4n) is 4.72. The largest absolute Gasteiger partial charge is 1.00 e. The molecule has 2 N–H and O–H groups in total. The zero-order chi connectivity index (χ0) is 33.4. The first-order chi connectivity index (χ1) is 21.9. The van der Waals surface area contributed by atoms with Crippen molar-refractivity contribution in [3.8, 4) is 33.9 Å². The van der Waals surface area contributed by atoms with E-state index in [4.69, 9.17) is 10.7 Å². The summed E-state index contributed by atoms with van der Waals surface area (Å²) in [7, 11) is 0. The van der Waals surface area contributed by atoms with Crippen molar-refractivity contribution in [2.45, 2.75) is 20.0 Å². The number of rotatable bonds is 15. The van der Waals surface area contributed by atoms with Crippen molar-refractivity contribution in [3.05, 3.63) is 83.7 Å². The summed E-state index contributed by atoms with van der Waals surface area (Å²) < 4.78 is 0. The Morgan fingerprint density at radius 2 is 0.960 bits per heavy atom. The second-order valence-corrected chi connectivity index (χ2v) is 10.5. The van der Waals surface area contributed by atoms with Gasteiger partial charge in [0.15, 0.2) is 0 Å². The number of pyridine rings is 3. The fraction of sp³-hybridized carbons (Fsp3) is 0.219. The molecule has 14 nitrogen and oxygen atoms in total. The van der Waals surface area contributed by atoms with Crippen LogP contribution in [-0.4, -0.2) is 74.8 Å². The first-order valence-electron chi connectivity index (χ1n) is 13.9. The zero-order valence-corrected chi connectivity index (χ0v) is 36.7. The second-order valence-electron chi connectivity index (χ2n) is 10.5.